The monoisotopic (exact) mass is 439 g/mol. The van der Waals surface area contributed by atoms with Gasteiger partial charge in [-0.3, -0.25) is 0 Å². The van der Waals surface area contributed by atoms with Crippen molar-refractivity contribution in [2.75, 3.05) is 27.6 Å². The molecule has 0 aliphatic heterocycles. The molecule has 0 radical (unpaired) electrons. The third kappa shape index (κ3) is 6.71. The highest BCUT2D eigenvalue weighted by atomic mass is 28.3. The fourth-order valence-corrected chi connectivity index (χ4v) is 3.71. The van der Waals surface area contributed by atoms with Crippen molar-refractivity contribution >= 4 is 20.1 Å². The number of esters is 1. The van der Waals surface area contributed by atoms with Gasteiger partial charge >= 0.3 is 12.1 Å². The Labute approximate surface area is 179 Å². The molecule has 1 unspecified atom stereocenters. The van der Waals surface area contributed by atoms with Crippen molar-refractivity contribution in [3.8, 4) is 5.75 Å². The highest BCUT2D eigenvalue weighted by Gasteiger charge is 2.63. The van der Waals surface area contributed by atoms with Gasteiger partial charge in [-0.15, -0.1) is 0 Å². The van der Waals surface area contributed by atoms with Gasteiger partial charge in [-0.1, -0.05) is 31.8 Å². The van der Waals surface area contributed by atoms with E-state index in [1.807, 2.05) is 12.1 Å². The van der Waals surface area contributed by atoms with Crippen molar-refractivity contribution in [2.24, 2.45) is 0 Å². The summed E-state index contributed by atoms with van der Waals surface area (Å²) in [7, 11) is 1.56. The molecule has 1 N–H and O–H groups in total. The molecule has 1 fully saturated rings. The third-order valence-electron chi connectivity index (χ3n) is 5.06. The van der Waals surface area contributed by atoms with E-state index in [0.717, 1.165) is 11.6 Å². The van der Waals surface area contributed by atoms with Gasteiger partial charge in [0.25, 0.3) is 0 Å². The number of hydrogen-bond acceptors (Lipinski definition) is 7. The molecule has 1 amide bonds. The Hall–Kier alpha value is -2.10. The van der Waals surface area contributed by atoms with E-state index in [9.17, 15) is 9.59 Å². The van der Waals surface area contributed by atoms with Crippen molar-refractivity contribution < 1.29 is 33.3 Å². The Morgan fingerprint density at radius 2 is 1.87 bits per heavy atom. The van der Waals surface area contributed by atoms with E-state index in [0.29, 0.717) is 18.8 Å². The van der Waals surface area contributed by atoms with Crippen molar-refractivity contribution in [3.63, 3.8) is 0 Å². The number of carbonyl (C=O) groups excluding carboxylic acids is 2. The average Bonchev–Trinajstić information content (AvgIpc) is 3.41. The van der Waals surface area contributed by atoms with Gasteiger partial charge in [0.1, 0.15) is 11.3 Å². The number of alkyl carbamates (subject to hydrolysis) is 1. The SMILES string of the molecule is COC(=O)[C@]1(NC(=O)OCC[Si](C)(C)C)C[C@H]1c1ccc(OCOC(C)OC)cc1. The molecular formula is C21H33NO7Si. The summed E-state index contributed by atoms with van der Waals surface area (Å²) in [6.45, 7) is 8.80. The molecule has 0 heterocycles. The molecule has 1 aromatic carbocycles. The second kappa shape index (κ2) is 10.3. The van der Waals surface area contributed by atoms with Crippen molar-refractivity contribution in [3.05, 3.63) is 29.8 Å². The third-order valence-corrected chi connectivity index (χ3v) is 6.77. The minimum atomic E-state index is -1.31. The smallest absolute Gasteiger partial charge is 0.408 e. The molecule has 0 saturated heterocycles. The maximum absolute atomic E-state index is 12.4. The number of carbonyl (C=O) groups is 2. The van der Waals surface area contributed by atoms with Crippen LogP contribution >= 0.6 is 0 Å². The summed E-state index contributed by atoms with van der Waals surface area (Å²) in [4.78, 5) is 24.7. The van der Waals surface area contributed by atoms with E-state index in [-0.39, 0.29) is 19.0 Å². The lowest BCUT2D eigenvalue weighted by Crippen LogP contribution is -2.45. The maximum Gasteiger partial charge on any atom is 0.408 e. The fourth-order valence-electron chi connectivity index (χ4n) is 2.99. The van der Waals surface area contributed by atoms with Gasteiger partial charge in [-0.25, -0.2) is 9.59 Å². The van der Waals surface area contributed by atoms with E-state index in [2.05, 4.69) is 25.0 Å². The second-order valence-corrected chi connectivity index (χ2v) is 14.2. The summed E-state index contributed by atoms with van der Waals surface area (Å²) in [6.07, 6.45) is -0.490. The van der Waals surface area contributed by atoms with Gasteiger partial charge in [0.15, 0.2) is 13.1 Å². The predicted molar refractivity (Wildman–Crippen MR) is 114 cm³/mol. The molecule has 8 nitrogen and oxygen atoms in total. The van der Waals surface area contributed by atoms with Crippen molar-refractivity contribution in [1.82, 2.24) is 5.32 Å². The molecule has 30 heavy (non-hydrogen) atoms. The Balaban J connectivity index is 1.95. The summed E-state index contributed by atoms with van der Waals surface area (Å²) in [5.74, 6) is -0.0321. The van der Waals surface area contributed by atoms with E-state index in [4.69, 9.17) is 23.7 Å². The standard InChI is InChI=1S/C21H33NO7Si/c1-15(25-2)28-14-29-17-9-7-16(8-10-17)18-13-21(18,19(23)26-3)22-20(24)27-11-12-30(4,5)6/h7-10,15,18H,11-14H2,1-6H3,(H,22,24)/t15?,18-,21-/m0/s1. The minimum absolute atomic E-state index is 0.0642. The van der Waals surface area contributed by atoms with E-state index in [1.54, 1.807) is 26.2 Å². The lowest BCUT2D eigenvalue weighted by atomic mass is 10.1. The molecule has 3 atom stereocenters. The molecule has 2 rings (SSSR count). The number of rotatable bonds is 11. The first-order valence-electron chi connectivity index (χ1n) is 10.0. The lowest BCUT2D eigenvalue weighted by Gasteiger charge is -2.19. The van der Waals surface area contributed by atoms with Crippen LogP contribution in [0, 0.1) is 0 Å². The highest BCUT2D eigenvalue weighted by Crippen LogP contribution is 2.52. The number of nitrogens with one attached hydrogen (secondary N) is 1. The van der Waals surface area contributed by atoms with Crippen LogP contribution in [0.25, 0.3) is 0 Å². The zero-order valence-electron chi connectivity index (χ0n) is 18.7. The van der Waals surface area contributed by atoms with Crippen LogP contribution in [0.5, 0.6) is 5.75 Å². The van der Waals surface area contributed by atoms with E-state index < -0.39 is 25.7 Å². The van der Waals surface area contributed by atoms with Crippen molar-refractivity contribution in [1.29, 1.82) is 0 Å². The molecule has 0 spiro atoms. The number of hydrogen-bond donors (Lipinski definition) is 1. The van der Waals surface area contributed by atoms with Gasteiger partial charge in [-0.05, 0) is 37.1 Å². The molecule has 1 aliphatic carbocycles. The van der Waals surface area contributed by atoms with Gasteiger partial charge in [0.05, 0.1) is 13.7 Å². The Bertz CT molecular complexity index is 719. The second-order valence-electron chi connectivity index (χ2n) is 8.59. The maximum atomic E-state index is 12.4. The van der Waals surface area contributed by atoms with Crippen LogP contribution in [-0.2, 0) is 23.7 Å². The minimum Gasteiger partial charge on any atom is -0.467 e. The highest BCUT2D eigenvalue weighted by molar-refractivity contribution is 6.76. The largest absolute Gasteiger partial charge is 0.467 e. The number of amides is 1. The number of methoxy groups -OCH3 is 2. The van der Waals surface area contributed by atoms with Gasteiger partial charge < -0.3 is 29.0 Å². The zero-order chi connectivity index (χ0) is 22.4. The summed E-state index contributed by atoms with van der Waals surface area (Å²) >= 11 is 0. The summed E-state index contributed by atoms with van der Waals surface area (Å²) < 4.78 is 26.0. The normalized spacial score (nSPS) is 21.5. The predicted octanol–water partition coefficient (Wildman–Crippen LogP) is 3.50. The molecule has 9 heteroatoms. The molecule has 0 bridgehead atoms. The first-order valence-corrected chi connectivity index (χ1v) is 13.7. The Morgan fingerprint density at radius 1 is 1.20 bits per heavy atom. The van der Waals surface area contributed by atoms with Crippen LogP contribution in [0.1, 0.15) is 24.8 Å². The first kappa shape index (κ1) is 24.2. The number of benzene rings is 1. The molecule has 1 aromatic rings. The van der Waals surface area contributed by atoms with Crippen LogP contribution in [-0.4, -0.2) is 59.6 Å². The summed E-state index contributed by atoms with van der Waals surface area (Å²) in [6, 6.07) is 8.18. The van der Waals surface area contributed by atoms with Crippen LogP contribution < -0.4 is 10.1 Å². The fraction of sp³-hybridized carbons (Fsp3) is 0.619. The van der Waals surface area contributed by atoms with Crippen LogP contribution in [0.4, 0.5) is 4.79 Å². The van der Waals surface area contributed by atoms with Crippen LogP contribution in [0.2, 0.25) is 25.7 Å². The summed E-state index contributed by atoms with van der Waals surface area (Å²) in [5, 5.41) is 2.74. The zero-order valence-corrected chi connectivity index (χ0v) is 19.7. The topological polar surface area (TPSA) is 92.3 Å². The van der Waals surface area contributed by atoms with Crippen LogP contribution in [0.15, 0.2) is 24.3 Å². The molecular weight excluding hydrogens is 406 g/mol. The van der Waals surface area contributed by atoms with Crippen LogP contribution in [0.3, 0.4) is 0 Å². The lowest BCUT2D eigenvalue weighted by molar-refractivity contribution is -0.149. The summed E-state index contributed by atoms with van der Waals surface area (Å²) in [5.41, 5.74) is -0.189. The van der Waals surface area contributed by atoms with E-state index in [1.165, 1.54) is 7.11 Å². The van der Waals surface area contributed by atoms with Gasteiger partial charge in [-0.2, -0.15) is 0 Å². The molecule has 1 aliphatic rings. The molecule has 1 saturated carbocycles. The van der Waals surface area contributed by atoms with Gasteiger partial charge in [0.2, 0.25) is 0 Å². The molecule has 168 valence electrons. The average molecular weight is 440 g/mol. The van der Waals surface area contributed by atoms with E-state index >= 15 is 0 Å². The Kier molecular flexibility index (Phi) is 8.28. The quantitative estimate of drug-likeness (QED) is 0.320. The molecule has 0 aromatic heterocycles. The first-order chi connectivity index (χ1) is 14.1. The van der Waals surface area contributed by atoms with Crippen molar-refractivity contribution in [2.45, 2.75) is 56.8 Å². The number of ether oxygens (including phenoxy) is 5. The van der Waals surface area contributed by atoms with Gasteiger partial charge in [0, 0.05) is 21.1 Å². The Morgan fingerprint density at radius 3 is 2.43 bits per heavy atom.